The van der Waals surface area contributed by atoms with Crippen LogP contribution in [0.3, 0.4) is 0 Å². The van der Waals surface area contributed by atoms with Crippen molar-refractivity contribution in [2.45, 2.75) is 25.9 Å². The fraction of sp³-hybridized carbons (Fsp3) is 0.116. The third-order valence-electron chi connectivity index (χ3n) is 8.65. The quantitative estimate of drug-likeness (QED) is 0.0847. The highest BCUT2D eigenvalue weighted by Gasteiger charge is 2.23. The van der Waals surface area contributed by atoms with Gasteiger partial charge in [-0.2, -0.15) is 17.6 Å². The number of rotatable bonds is 14. The van der Waals surface area contributed by atoms with Crippen molar-refractivity contribution in [3.8, 4) is 11.5 Å². The number of nitrogens with one attached hydrogen (secondary N) is 1. The molecule has 0 spiro atoms. The molecule has 0 atom stereocenters. The number of benzene rings is 2. The Bertz CT molecular complexity index is 2660. The van der Waals surface area contributed by atoms with E-state index in [2.05, 4.69) is 30.1 Å². The van der Waals surface area contributed by atoms with Crippen LogP contribution in [0.4, 0.5) is 37.7 Å². The van der Waals surface area contributed by atoms with Gasteiger partial charge in [0.15, 0.2) is 5.78 Å². The Hall–Kier alpha value is -8.16. The normalized spacial score (nSPS) is 10.8. The summed E-state index contributed by atoms with van der Waals surface area (Å²) in [5.74, 6) is -4.85. The number of halogens is 6. The molecule has 0 bridgehead atoms. The van der Waals surface area contributed by atoms with Crippen LogP contribution in [0.1, 0.15) is 54.8 Å². The summed E-state index contributed by atoms with van der Waals surface area (Å²) in [5, 5.41) is 8.68. The van der Waals surface area contributed by atoms with Crippen LogP contribution in [0.25, 0.3) is 11.5 Å². The van der Waals surface area contributed by atoms with Crippen molar-refractivity contribution in [3.63, 3.8) is 0 Å². The van der Waals surface area contributed by atoms with Crippen molar-refractivity contribution in [1.29, 1.82) is 0 Å². The molecular weight excluding hydrogens is 837 g/mol. The molecular formula is C43H31F6N9O5. The predicted molar refractivity (Wildman–Crippen MR) is 212 cm³/mol. The number of pyridine rings is 4. The predicted octanol–water partition coefficient (Wildman–Crippen LogP) is 7.48. The molecule has 0 saturated heterocycles. The Kier molecular flexibility index (Phi) is 14.7. The minimum absolute atomic E-state index is 0.0313. The van der Waals surface area contributed by atoms with E-state index >= 15 is 0 Å². The molecule has 7 aromatic rings. The first-order chi connectivity index (χ1) is 30.4. The summed E-state index contributed by atoms with van der Waals surface area (Å²) in [7, 11) is 0. The highest BCUT2D eigenvalue weighted by Crippen LogP contribution is 2.25. The van der Waals surface area contributed by atoms with E-state index in [0.717, 1.165) is 0 Å². The molecule has 14 nitrogen and oxygen atoms in total. The summed E-state index contributed by atoms with van der Waals surface area (Å²) < 4.78 is 82.2. The summed E-state index contributed by atoms with van der Waals surface area (Å²) in [4.78, 5) is 68.0. The van der Waals surface area contributed by atoms with Crippen molar-refractivity contribution in [1.82, 2.24) is 35.5 Å². The van der Waals surface area contributed by atoms with Gasteiger partial charge in [-0.3, -0.25) is 39.1 Å². The zero-order valence-electron chi connectivity index (χ0n) is 32.4. The molecule has 7 rings (SSSR count). The number of ketones is 1. The van der Waals surface area contributed by atoms with Crippen molar-refractivity contribution >= 4 is 34.9 Å². The molecule has 0 aliphatic rings. The molecule has 1 N–H and O–H groups in total. The highest BCUT2D eigenvalue weighted by molar-refractivity contribution is 6.06. The second-order valence-corrected chi connectivity index (χ2v) is 13.0. The molecule has 0 fully saturated rings. The summed E-state index contributed by atoms with van der Waals surface area (Å²) in [6.07, 6.45) is 2.37. The Balaban J connectivity index is 0.000000210. The summed E-state index contributed by atoms with van der Waals surface area (Å²) in [6.45, 7) is -0.601. The lowest BCUT2D eigenvalue weighted by Gasteiger charge is -2.22. The van der Waals surface area contributed by atoms with Crippen molar-refractivity contribution in [3.05, 3.63) is 180 Å². The van der Waals surface area contributed by atoms with Crippen LogP contribution in [0.2, 0.25) is 0 Å². The van der Waals surface area contributed by atoms with E-state index < -0.39 is 54.5 Å². The van der Waals surface area contributed by atoms with Crippen LogP contribution in [0.5, 0.6) is 0 Å². The first kappa shape index (κ1) is 44.4. The van der Waals surface area contributed by atoms with Crippen molar-refractivity contribution in [2.24, 2.45) is 0 Å². The highest BCUT2D eigenvalue weighted by atomic mass is 19.3. The second kappa shape index (κ2) is 20.9. The van der Waals surface area contributed by atoms with Gasteiger partial charge in [0.25, 0.3) is 23.6 Å². The van der Waals surface area contributed by atoms with Crippen molar-refractivity contribution in [2.75, 3.05) is 16.3 Å². The smallest absolute Gasteiger partial charge is 0.315 e. The molecule has 0 unspecified atom stereocenters. The van der Waals surface area contributed by atoms with E-state index in [-0.39, 0.29) is 30.5 Å². The van der Waals surface area contributed by atoms with Crippen LogP contribution >= 0.6 is 0 Å². The van der Waals surface area contributed by atoms with Crippen LogP contribution in [-0.2, 0) is 17.9 Å². The zero-order chi connectivity index (χ0) is 44.9. The minimum atomic E-state index is -3.21. The lowest BCUT2D eigenvalue weighted by atomic mass is 10.1. The number of carbonyl (C=O) groups excluding carboxylic acids is 4. The number of amides is 3. The number of hydrogen-bond acceptors (Lipinski definition) is 11. The monoisotopic (exact) mass is 867 g/mol. The Labute approximate surface area is 353 Å². The van der Waals surface area contributed by atoms with Gasteiger partial charge >= 0.3 is 12.9 Å². The van der Waals surface area contributed by atoms with Gasteiger partial charge in [-0.15, -0.1) is 10.2 Å². The van der Waals surface area contributed by atoms with Crippen LogP contribution in [0.15, 0.2) is 139 Å². The van der Waals surface area contributed by atoms with Crippen LogP contribution in [0, 0.1) is 11.6 Å². The maximum Gasteiger partial charge on any atom is 0.315 e. The zero-order valence-corrected chi connectivity index (χ0v) is 32.4. The maximum atomic E-state index is 13.8. The number of aromatic nitrogens is 6. The molecule has 5 heterocycles. The number of Topliss-reactive ketones (excluding diaryl/α,β-unsaturated/α-hetero) is 1. The Morgan fingerprint density at radius 2 is 1.17 bits per heavy atom. The number of anilines is 2. The molecule has 0 saturated carbocycles. The number of nitrogens with zero attached hydrogens (tertiary/aromatic N) is 8. The summed E-state index contributed by atoms with van der Waals surface area (Å²) >= 11 is 0. The maximum absolute atomic E-state index is 13.8. The van der Waals surface area contributed by atoms with Gasteiger partial charge in [0, 0.05) is 54.1 Å². The SMILES string of the molecule is O=C(CNC(=O)C(F)F)c1ccc(CN(C(=O)c2cccnc2)c2cccc(F)c2)nc1.O=C(c1cccnc1)N(Cc1ccc(-c2nnc(C(F)F)o2)cn1)c1cccc(F)c1. The Morgan fingerprint density at radius 3 is 1.60 bits per heavy atom. The van der Waals surface area contributed by atoms with E-state index in [4.69, 9.17) is 4.42 Å². The van der Waals surface area contributed by atoms with Gasteiger partial charge in [0.2, 0.25) is 5.89 Å². The molecule has 63 heavy (non-hydrogen) atoms. The molecule has 2 aromatic carbocycles. The average Bonchev–Trinajstić information content (AvgIpc) is 3.81. The summed E-state index contributed by atoms with van der Waals surface area (Å²) in [5.41, 5.74) is 2.57. The second-order valence-electron chi connectivity index (χ2n) is 13.0. The third-order valence-corrected chi connectivity index (χ3v) is 8.65. The van der Waals surface area contributed by atoms with Gasteiger partial charge in [-0.25, -0.2) is 8.78 Å². The van der Waals surface area contributed by atoms with Gasteiger partial charge < -0.3 is 19.5 Å². The summed E-state index contributed by atoms with van der Waals surface area (Å²) in [6, 6.07) is 23.6. The average molecular weight is 868 g/mol. The number of hydrogen-bond donors (Lipinski definition) is 1. The first-order valence-corrected chi connectivity index (χ1v) is 18.4. The van der Waals surface area contributed by atoms with Gasteiger partial charge in [-0.1, -0.05) is 12.1 Å². The molecule has 0 aliphatic carbocycles. The van der Waals surface area contributed by atoms with Gasteiger partial charge in [-0.05, 0) is 84.9 Å². The van der Waals surface area contributed by atoms with Gasteiger partial charge in [0.1, 0.15) is 11.6 Å². The molecule has 20 heteroatoms. The van der Waals surface area contributed by atoms with E-state index in [1.807, 2.05) is 5.32 Å². The fourth-order valence-electron chi connectivity index (χ4n) is 5.58. The largest absolute Gasteiger partial charge is 0.415 e. The van der Waals surface area contributed by atoms with E-state index in [9.17, 15) is 45.5 Å². The minimum Gasteiger partial charge on any atom is -0.415 e. The van der Waals surface area contributed by atoms with Crippen LogP contribution < -0.4 is 15.1 Å². The van der Waals surface area contributed by atoms with Crippen LogP contribution in [-0.4, -0.2) is 66.6 Å². The van der Waals surface area contributed by atoms with E-state index in [1.54, 1.807) is 54.7 Å². The lowest BCUT2D eigenvalue weighted by Crippen LogP contribution is -2.34. The lowest BCUT2D eigenvalue weighted by molar-refractivity contribution is -0.131. The van der Waals surface area contributed by atoms with Crippen molar-refractivity contribution < 1.29 is 49.9 Å². The van der Waals surface area contributed by atoms with E-state index in [1.165, 1.54) is 89.3 Å². The third kappa shape index (κ3) is 12.0. The Morgan fingerprint density at radius 1 is 0.619 bits per heavy atom. The van der Waals surface area contributed by atoms with Gasteiger partial charge in [0.05, 0.1) is 47.7 Å². The number of alkyl halides is 4. The molecule has 5 aromatic heterocycles. The number of carbonyl (C=O) groups is 4. The molecule has 0 aliphatic heterocycles. The topological polar surface area (TPSA) is 177 Å². The van der Waals surface area contributed by atoms with E-state index in [0.29, 0.717) is 39.5 Å². The molecule has 3 amide bonds. The fourth-order valence-corrected chi connectivity index (χ4v) is 5.58. The molecule has 320 valence electrons. The molecule has 0 radical (unpaired) electrons. The first-order valence-electron chi connectivity index (χ1n) is 18.4. The standard InChI is InChI=1S/C22H17F3N4O3.C21H14F3N5O2/c23-16-4-1-5-18(9-16)29(22(32)15-3-2-8-26-10-15)13-17-7-6-14(11-27-17)19(30)12-28-21(31)20(24)25;22-15-4-1-5-17(9-15)29(21(30)14-3-2-8-25-10-14)12-16-7-6-13(11-26-16)19-27-28-20(31-19)18(23)24/h1-11,20H,12-13H2,(H,28,31);1-11,18H,12H2.